The smallest absolute Gasteiger partial charge is 0.329 e. The van der Waals surface area contributed by atoms with Gasteiger partial charge in [0.25, 0.3) is 5.91 Å². The van der Waals surface area contributed by atoms with Gasteiger partial charge in [0, 0.05) is 22.3 Å². The van der Waals surface area contributed by atoms with Gasteiger partial charge < -0.3 is 15.4 Å². The zero-order valence-corrected chi connectivity index (χ0v) is 19.9. The number of hydrazone groups is 1. The fraction of sp³-hybridized carbons (Fsp3) is 0.304. The second kappa shape index (κ2) is 12.6. The number of halogens is 1. The van der Waals surface area contributed by atoms with Gasteiger partial charge in [0.15, 0.2) is 6.61 Å². The van der Waals surface area contributed by atoms with Gasteiger partial charge in [-0.25, -0.2) is 5.43 Å². The topological polar surface area (TPSA) is 109 Å². The molecule has 2 aromatic rings. The molecule has 32 heavy (non-hydrogen) atoms. The Morgan fingerprint density at radius 2 is 1.88 bits per heavy atom. The van der Waals surface area contributed by atoms with E-state index in [2.05, 4.69) is 37.1 Å². The number of benzene rings is 2. The molecule has 0 unspecified atom stereocenters. The van der Waals surface area contributed by atoms with Crippen LogP contribution < -0.4 is 20.8 Å². The predicted molar refractivity (Wildman–Crippen MR) is 128 cm³/mol. The van der Waals surface area contributed by atoms with E-state index in [1.165, 1.54) is 6.21 Å². The molecule has 0 saturated heterocycles. The number of hydrogen-bond donors (Lipinski definition) is 3. The molecule has 170 valence electrons. The summed E-state index contributed by atoms with van der Waals surface area (Å²) in [5, 5.41) is 9.17. The van der Waals surface area contributed by atoms with Crippen LogP contribution in [0.1, 0.15) is 36.5 Å². The maximum absolute atomic E-state index is 12.3. The molecule has 0 saturated carbocycles. The van der Waals surface area contributed by atoms with Crippen LogP contribution in [0.25, 0.3) is 0 Å². The van der Waals surface area contributed by atoms with Crippen LogP contribution in [0.2, 0.25) is 0 Å². The molecule has 0 bridgehead atoms. The minimum Gasteiger partial charge on any atom is -0.483 e. The number of carbonyl (C=O) groups excluding carboxylic acids is 3. The zero-order valence-electron chi connectivity index (χ0n) is 18.3. The number of ether oxygens (including phenoxy) is 1. The summed E-state index contributed by atoms with van der Waals surface area (Å²) in [6.45, 7) is 6.08. The molecule has 0 aromatic heterocycles. The summed E-state index contributed by atoms with van der Waals surface area (Å²) in [7, 11) is 0. The normalized spacial score (nSPS) is 10.6. The molecule has 0 spiro atoms. The summed E-state index contributed by atoms with van der Waals surface area (Å²) in [6.07, 6.45) is 3.05. The summed E-state index contributed by atoms with van der Waals surface area (Å²) in [4.78, 5) is 35.8. The van der Waals surface area contributed by atoms with Gasteiger partial charge in [-0.15, -0.1) is 0 Å². The highest BCUT2D eigenvalue weighted by molar-refractivity contribution is 9.10. The third kappa shape index (κ3) is 8.14. The van der Waals surface area contributed by atoms with Crippen molar-refractivity contribution in [2.75, 3.05) is 18.5 Å². The van der Waals surface area contributed by atoms with E-state index < -0.39 is 11.8 Å². The maximum atomic E-state index is 12.3. The Bertz CT molecular complexity index is 1010. The van der Waals surface area contributed by atoms with Crippen molar-refractivity contribution >= 4 is 45.6 Å². The van der Waals surface area contributed by atoms with Crippen LogP contribution in [0.4, 0.5) is 5.69 Å². The van der Waals surface area contributed by atoms with E-state index in [-0.39, 0.29) is 12.5 Å². The van der Waals surface area contributed by atoms with Crippen molar-refractivity contribution < 1.29 is 19.1 Å². The minimum atomic E-state index is -0.859. The van der Waals surface area contributed by atoms with Crippen LogP contribution in [-0.2, 0) is 14.4 Å². The monoisotopic (exact) mass is 502 g/mol. The van der Waals surface area contributed by atoms with Crippen molar-refractivity contribution in [3.63, 3.8) is 0 Å². The number of amides is 3. The summed E-state index contributed by atoms with van der Waals surface area (Å²) >= 11 is 3.37. The molecule has 2 aromatic carbocycles. The number of nitrogens with one attached hydrogen (secondary N) is 3. The number of hydrogen-bond acceptors (Lipinski definition) is 5. The van der Waals surface area contributed by atoms with Crippen molar-refractivity contribution in [2.24, 2.45) is 5.10 Å². The van der Waals surface area contributed by atoms with E-state index in [1.807, 2.05) is 39.0 Å². The van der Waals surface area contributed by atoms with Gasteiger partial charge in [0.05, 0.1) is 6.21 Å². The number of aryl methyl sites for hydroxylation is 2. The molecule has 0 atom stereocenters. The summed E-state index contributed by atoms with van der Waals surface area (Å²) in [5.74, 6) is -1.51. The highest BCUT2D eigenvalue weighted by atomic mass is 79.9. The fourth-order valence-electron chi connectivity index (χ4n) is 2.62. The highest BCUT2D eigenvalue weighted by Gasteiger charge is 2.12. The fourth-order valence-corrected chi connectivity index (χ4v) is 3.00. The van der Waals surface area contributed by atoms with Crippen molar-refractivity contribution in [2.45, 2.75) is 33.6 Å². The molecule has 9 heteroatoms. The van der Waals surface area contributed by atoms with Gasteiger partial charge in [0.2, 0.25) is 0 Å². The molecular weight excluding hydrogens is 476 g/mol. The number of rotatable bonds is 9. The lowest BCUT2D eigenvalue weighted by Crippen LogP contribution is -2.38. The SMILES string of the molecule is CCCCNC(=O)C(=O)N/N=C\c1cc(Br)ccc1OCC(=O)Nc1cc(C)ccc1C. The lowest BCUT2D eigenvalue weighted by atomic mass is 10.1. The van der Waals surface area contributed by atoms with Gasteiger partial charge in [0.1, 0.15) is 5.75 Å². The molecule has 0 aliphatic carbocycles. The van der Waals surface area contributed by atoms with Crippen LogP contribution in [0, 0.1) is 13.8 Å². The Labute approximate surface area is 195 Å². The largest absolute Gasteiger partial charge is 0.483 e. The lowest BCUT2D eigenvalue weighted by Gasteiger charge is -2.12. The maximum Gasteiger partial charge on any atom is 0.329 e. The molecular formula is C23H27BrN4O4. The van der Waals surface area contributed by atoms with Crippen LogP contribution in [0.15, 0.2) is 46.0 Å². The molecule has 3 amide bonds. The molecule has 0 aliphatic heterocycles. The van der Waals surface area contributed by atoms with E-state index in [4.69, 9.17) is 4.74 Å². The second-order valence-corrected chi connectivity index (χ2v) is 8.06. The lowest BCUT2D eigenvalue weighted by molar-refractivity contribution is -0.139. The number of carbonyl (C=O) groups is 3. The molecule has 0 fully saturated rings. The predicted octanol–water partition coefficient (Wildman–Crippen LogP) is 3.45. The van der Waals surface area contributed by atoms with E-state index in [0.717, 1.165) is 34.1 Å². The second-order valence-electron chi connectivity index (χ2n) is 7.15. The van der Waals surface area contributed by atoms with Crippen molar-refractivity contribution in [1.82, 2.24) is 10.7 Å². The highest BCUT2D eigenvalue weighted by Crippen LogP contribution is 2.22. The summed E-state index contributed by atoms with van der Waals surface area (Å²) < 4.78 is 6.41. The number of anilines is 1. The van der Waals surface area contributed by atoms with E-state index in [0.29, 0.717) is 17.9 Å². The van der Waals surface area contributed by atoms with Crippen molar-refractivity contribution in [1.29, 1.82) is 0 Å². The summed E-state index contributed by atoms with van der Waals surface area (Å²) in [5.41, 5.74) is 5.43. The molecule has 3 N–H and O–H groups in total. The first kappa shape index (κ1) is 25.1. The van der Waals surface area contributed by atoms with E-state index in [9.17, 15) is 14.4 Å². The third-order valence-electron chi connectivity index (χ3n) is 4.39. The molecule has 0 heterocycles. The van der Waals surface area contributed by atoms with Crippen LogP contribution >= 0.6 is 15.9 Å². The van der Waals surface area contributed by atoms with Crippen molar-refractivity contribution in [3.8, 4) is 5.75 Å². The minimum absolute atomic E-state index is 0.206. The quantitative estimate of drug-likeness (QED) is 0.211. The first-order valence-corrected chi connectivity index (χ1v) is 11.0. The third-order valence-corrected chi connectivity index (χ3v) is 4.88. The number of unbranched alkanes of at least 4 members (excludes halogenated alkanes) is 1. The Morgan fingerprint density at radius 3 is 2.62 bits per heavy atom. The van der Waals surface area contributed by atoms with E-state index >= 15 is 0 Å². The van der Waals surface area contributed by atoms with Gasteiger partial charge >= 0.3 is 11.8 Å². The Balaban J connectivity index is 1.96. The number of nitrogens with zero attached hydrogens (tertiary/aromatic N) is 1. The van der Waals surface area contributed by atoms with E-state index in [1.54, 1.807) is 18.2 Å². The zero-order chi connectivity index (χ0) is 23.5. The first-order valence-electron chi connectivity index (χ1n) is 10.2. The van der Waals surface area contributed by atoms with Crippen molar-refractivity contribution in [3.05, 3.63) is 57.6 Å². The standard InChI is InChI=1S/C23H27BrN4O4/c1-4-5-10-25-22(30)23(31)28-26-13-17-12-18(24)8-9-20(17)32-14-21(29)27-19-11-15(2)6-7-16(19)3/h6-9,11-13H,4-5,10,14H2,1-3H3,(H,25,30)(H,27,29)(H,28,31)/b26-13-. The Hall–Kier alpha value is -3.20. The molecule has 0 radical (unpaired) electrons. The van der Waals surface area contributed by atoms with Gasteiger partial charge in [-0.2, -0.15) is 5.10 Å². The molecule has 8 nitrogen and oxygen atoms in total. The van der Waals surface area contributed by atoms with Crippen LogP contribution in [-0.4, -0.2) is 37.1 Å². The molecule has 2 rings (SSSR count). The Kier molecular flexibility index (Phi) is 9.87. The molecule has 0 aliphatic rings. The average molecular weight is 503 g/mol. The first-order chi connectivity index (χ1) is 15.3. The average Bonchev–Trinajstić information content (AvgIpc) is 2.75. The summed E-state index contributed by atoms with van der Waals surface area (Å²) in [6, 6.07) is 11.0. The van der Waals surface area contributed by atoms with Gasteiger partial charge in [-0.1, -0.05) is 41.4 Å². The van der Waals surface area contributed by atoms with Gasteiger partial charge in [-0.05, 0) is 55.7 Å². The Morgan fingerprint density at radius 1 is 1.09 bits per heavy atom. The van der Waals surface area contributed by atoms with Crippen LogP contribution in [0.3, 0.4) is 0 Å². The van der Waals surface area contributed by atoms with Gasteiger partial charge in [-0.3, -0.25) is 14.4 Å². The van der Waals surface area contributed by atoms with Crippen LogP contribution in [0.5, 0.6) is 5.75 Å².